The largest absolute Gasteiger partial charge is 0.497 e. The SMILES string of the molecule is CCOC(=O)c1c(NC(=O)CN2CCCC[C@H]2CCO)c2cc(OC)ccc2n1C. The fourth-order valence-corrected chi connectivity index (χ4v) is 4.22. The van der Waals surface area contributed by atoms with Gasteiger partial charge in [0.2, 0.25) is 5.91 Å². The number of aliphatic hydroxyl groups is 1. The average molecular weight is 418 g/mol. The van der Waals surface area contributed by atoms with Gasteiger partial charge < -0.3 is 24.5 Å². The van der Waals surface area contributed by atoms with Crippen LogP contribution in [-0.2, 0) is 16.6 Å². The van der Waals surface area contributed by atoms with Gasteiger partial charge in [-0.05, 0) is 50.9 Å². The number of nitrogens with one attached hydrogen (secondary N) is 1. The molecule has 1 aliphatic heterocycles. The summed E-state index contributed by atoms with van der Waals surface area (Å²) in [6, 6.07) is 5.68. The Morgan fingerprint density at radius 3 is 2.80 bits per heavy atom. The zero-order valence-corrected chi connectivity index (χ0v) is 17.9. The number of hydrogen-bond acceptors (Lipinski definition) is 6. The first-order chi connectivity index (χ1) is 14.5. The molecule has 1 atom stereocenters. The van der Waals surface area contributed by atoms with Crippen LogP contribution in [0.5, 0.6) is 5.75 Å². The molecule has 2 heterocycles. The van der Waals surface area contributed by atoms with Gasteiger partial charge in [-0.25, -0.2) is 4.79 Å². The maximum Gasteiger partial charge on any atom is 0.357 e. The number of methoxy groups -OCH3 is 1. The molecule has 1 fully saturated rings. The van der Waals surface area contributed by atoms with Crippen LogP contribution in [0.4, 0.5) is 5.69 Å². The Hall–Kier alpha value is -2.58. The highest BCUT2D eigenvalue weighted by Gasteiger charge is 2.27. The zero-order chi connectivity index (χ0) is 21.7. The second kappa shape index (κ2) is 9.95. The molecule has 8 heteroatoms. The number of aromatic nitrogens is 1. The number of aliphatic hydroxyl groups excluding tert-OH is 1. The van der Waals surface area contributed by atoms with Crippen molar-refractivity contribution < 1.29 is 24.2 Å². The molecule has 1 aliphatic rings. The van der Waals surface area contributed by atoms with Crippen molar-refractivity contribution in [3.63, 3.8) is 0 Å². The van der Waals surface area contributed by atoms with Gasteiger partial charge in [0.05, 0.1) is 31.5 Å². The molecule has 1 aromatic carbocycles. The maximum absolute atomic E-state index is 13.0. The number of piperidine rings is 1. The lowest BCUT2D eigenvalue weighted by Gasteiger charge is -2.34. The summed E-state index contributed by atoms with van der Waals surface area (Å²) in [6.07, 6.45) is 3.79. The van der Waals surface area contributed by atoms with Crippen LogP contribution < -0.4 is 10.1 Å². The van der Waals surface area contributed by atoms with Crippen molar-refractivity contribution in [2.24, 2.45) is 7.05 Å². The summed E-state index contributed by atoms with van der Waals surface area (Å²) < 4.78 is 12.3. The molecule has 2 N–H and O–H groups in total. The number of aryl methyl sites for hydroxylation is 1. The van der Waals surface area contributed by atoms with E-state index in [2.05, 4.69) is 10.2 Å². The van der Waals surface area contributed by atoms with E-state index in [0.29, 0.717) is 23.6 Å². The minimum atomic E-state index is -0.485. The number of hydrogen-bond donors (Lipinski definition) is 2. The first kappa shape index (κ1) is 22.1. The van der Waals surface area contributed by atoms with Crippen molar-refractivity contribution >= 4 is 28.5 Å². The summed E-state index contributed by atoms with van der Waals surface area (Å²) in [4.78, 5) is 27.7. The third kappa shape index (κ3) is 4.60. The van der Waals surface area contributed by atoms with Crippen LogP contribution >= 0.6 is 0 Å². The Morgan fingerprint density at radius 1 is 1.30 bits per heavy atom. The first-order valence-electron chi connectivity index (χ1n) is 10.5. The van der Waals surface area contributed by atoms with Crippen LogP contribution in [0, 0.1) is 0 Å². The molecular formula is C22H31N3O5. The van der Waals surface area contributed by atoms with Crippen molar-refractivity contribution in [2.45, 2.75) is 38.6 Å². The predicted octanol–water partition coefficient (Wildman–Crippen LogP) is 2.54. The number of carbonyl (C=O) groups excluding carboxylic acids is 2. The summed E-state index contributed by atoms with van der Waals surface area (Å²) in [5, 5.41) is 13.0. The molecule has 0 unspecified atom stereocenters. The quantitative estimate of drug-likeness (QED) is 0.641. The Bertz CT molecular complexity index is 906. The Balaban J connectivity index is 1.92. The monoisotopic (exact) mass is 417 g/mol. The number of anilines is 1. The highest BCUT2D eigenvalue weighted by molar-refractivity contribution is 6.12. The third-order valence-electron chi connectivity index (χ3n) is 5.70. The van der Waals surface area contributed by atoms with E-state index >= 15 is 0 Å². The van der Waals surface area contributed by atoms with Crippen molar-refractivity contribution in [1.29, 1.82) is 0 Å². The first-order valence-corrected chi connectivity index (χ1v) is 10.5. The molecule has 1 amide bonds. The molecule has 0 spiro atoms. The van der Waals surface area contributed by atoms with Crippen molar-refractivity contribution in [3.05, 3.63) is 23.9 Å². The molecule has 0 radical (unpaired) electrons. The lowest BCUT2D eigenvalue weighted by atomic mass is 9.99. The normalized spacial score (nSPS) is 17.1. The number of benzene rings is 1. The van der Waals surface area contributed by atoms with Crippen molar-refractivity contribution in [1.82, 2.24) is 9.47 Å². The highest BCUT2D eigenvalue weighted by atomic mass is 16.5. The van der Waals surface area contributed by atoms with Crippen LogP contribution in [-0.4, -0.2) is 65.9 Å². The molecule has 0 bridgehead atoms. The van der Waals surface area contributed by atoms with Gasteiger partial charge in [-0.2, -0.15) is 0 Å². The lowest BCUT2D eigenvalue weighted by molar-refractivity contribution is -0.118. The molecule has 2 aromatic rings. The van der Waals surface area contributed by atoms with Gasteiger partial charge in [-0.15, -0.1) is 0 Å². The van der Waals surface area contributed by atoms with Gasteiger partial charge in [0.15, 0.2) is 5.69 Å². The summed E-state index contributed by atoms with van der Waals surface area (Å²) in [5.41, 5.74) is 1.54. The van der Waals surface area contributed by atoms with Crippen LogP contribution in [0.2, 0.25) is 0 Å². The average Bonchev–Trinajstić information content (AvgIpc) is 3.00. The summed E-state index contributed by atoms with van der Waals surface area (Å²) in [5.74, 6) is -0.0413. The summed E-state index contributed by atoms with van der Waals surface area (Å²) >= 11 is 0. The Morgan fingerprint density at radius 2 is 2.10 bits per heavy atom. The molecule has 1 aromatic heterocycles. The minimum absolute atomic E-state index is 0.110. The molecular weight excluding hydrogens is 386 g/mol. The van der Waals surface area contributed by atoms with E-state index in [-0.39, 0.29) is 31.7 Å². The fraction of sp³-hybridized carbons (Fsp3) is 0.545. The van der Waals surface area contributed by atoms with Crippen LogP contribution in [0.3, 0.4) is 0 Å². The van der Waals surface area contributed by atoms with Crippen LogP contribution in [0.25, 0.3) is 10.9 Å². The van der Waals surface area contributed by atoms with Crippen molar-refractivity contribution in [3.8, 4) is 5.75 Å². The molecule has 8 nitrogen and oxygen atoms in total. The van der Waals surface area contributed by atoms with E-state index < -0.39 is 5.97 Å². The number of amides is 1. The number of fused-ring (bicyclic) bond motifs is 1. The molecule has 0 aliphatic carbocycles. The molecule has 0 saturated carbocycles. The van der Waals surface area contributed by atoms with E-state index in [1.165, 1.54) is 0 Å². The van der Waals surface area contributed by atoms with E-state index in [1.807, 2.05) is 18.2 Å². The smallest absolute Gasteiger partial charge is 0.357 e. The van der Waals surface area contributed by atoms with Gasteiger partial charge >= 0.3 is 5.97 Å². The standard InChI is InChI=1S/C22H31N3O5/c1-4-30-22(28)21-20(17-13-16(29-3)8-9-18(17)24(21)2)23-19(27)14-25-11-6-5-7-15(25)10-12-26/h8-9,13,15,26H,4-7,10-12,14H2,1-3H3,(H,23,27)/t15-/m0/s1. The number of esters is 1. The maximum atomic E-state index is 13.0. The second-order valence-corrected chi connectivity index (χ2v) is 7.57. The van der Waals surface area contributed by atoms with Gasteiger partial charge in [0.25, 0.3) is 0 Å². The van der Waals surface area contributed by atoms with E-state index in [4.69, 9.17) is 9.47 Å². The van der Waals surface area contributed by atoms with Gasteiger partial charge in [0, 0.05) is 25.1 Å². The molecule has 164 valence electrons. The molecule has 1 saturated heterocycles. The number of nitrogens with zero attached hydrogens (tertiary/aromatic N) is 2. The van der Waals surface area contributed by atoms with Gasteiger partial charge in [-0.1, -0.05) is 6.42 Å². The van der Waals surface area contributed by atoms with Crippen LogP contribution in [0.1, 0.15) is 43.1 Å². The third-order valence-corrected chi connectivity index (χ3v) is 5.70. The van der Waals surface area contributed by atoms with E-state index in [9.17, 15) is 14.7 Å². The lowest BCUT2D eigenvalue weighted by Crippen LogP contribution is -2.44. The van der Waals surface area contributed by atoms with Crippen LogP contribution in [0.15, 0.2) is 18.2 Å². The number of likely N-dealkylation sites (tertiary alicyclic amines) is 1. The number of rotatable bonds is 8. The second-order valence-electron chi connectivity index (χ2n) is 7.57. The number of ether oxygens (including phenoxy) is 2. The highest BCUT2D eigenvalue weighted by Crippen LogP contribution is 2.34. The molecule has 3 rings (SSSR count). The van der Waals surface area contributed by atoms with E-state index in [1.54, 1.807) is 25.6 Å². The van der Waals surface area contributed by atoms with E-state index in [0.717, 1.165) is 36.7 Å². The minimum Gasteiger partial charge on any atom is -0.497 e. The van der Waals surface area contributed by atoms with Gasteiger partial charge in [0.1, 0.15) is 5.75 Å². The molecule has 30 heavy (non-hydrogen) atoms. The Labute approximate surface area is 176 Å². The summed E-state index contributed by atoms with van der Waals surface area (Å²) in [6.45, 7) is 3.14. The number of carbonyl (C=O) groups is 2. The topological polar surface area (TPSA) is 93.0 Å². The predicted molar refractivity (Wildman–Crippen MR) is 115 cm³/mol. The zero-order valence-electron chi connectivity index (χ0n) is 17.9. The Kier molecular flexibility index (Phi) is 7.33. The van der Waals surface area contributed by atoms with Crippen molar-refractivity contribution in [2.75, 3.05) is 38.7 Å². The van der Waals surface area contributed by atoms with Gasteiger partial charge in [-0.3, -0.25) is 9.69 Å². The summed E-state index contributed by atoms with van der Waals surface area (Å²) in [7, 11) is 3.35. The fourth-order valence-electron chi connectivity index (χ4n) is 4.22.